The number of aliphatic hydroxyl groups is 1. The number of aromatic nitrogens is 3. The lowest BCUT2D eigenvalue weighted by atomic mass is 10.0. The fourth-order valence-corrected chi connectivity index (χ4v) is 4.35. The number of fused-ring (bicyclic) bond motifs is 1. The molecule has 0 aliphatic carbocycles. The minimum Gasteiger partial charge on any atom is -0.490 e. The number of ether oxygens (including phenoxy) is 3. The Morgan fingerprint density at radius 2 is 1.53 bits per heavy atom. The number of alkyl halides is 2. The highest BCUT2D eigenvalue weighted by molar-refractivity contribution is 6.08. The number of aryl methyl sites for hydroxylation is 1. The maximum atomic E-state index is 15.8. The predicted molar refractivity (Wildman–Crippen MR) is 164 cm³/mol. The van der Waals surface area contributed by atoms with Gasteiger partial charge in [0.05, 0.1) is 6.61 Å². The fourth-order valence-electron chi connectivity index (χ4n) is 4.35. The molecule has 1 atom stereocenters. The molecule has 2 aromatic heterocycles. The number of hydrogen-bond donors (Lipinski definition) is 1. The highest BCUT2D eigenvalue weighted by atomic mass is 19.3. The van der Waals surface area contributed by atoms with Gasteiger partial charge in [-0.25, -0.2) is 31.7 Å². The number of imide groups is 1. The number of benzene rings is 2. The average molecular weight is 661 g/mol. The van der Waals surface area contributed by atoms with Crippen molar-refractivity contribution in [3.05, 3.63) is 77.5 Å². The monoisotopic (exact) mass is 660 g/mol. The number of hydrogen-bond acceptors (Lipinski definition) is 8. The summed E-state index contributed by atoms with van der Waals surface area (Å²) in [6, 6.07) is 10.0. The molecule has 47 heavy (non-hydrogen) atoms. The van der Waals surface area contributed by atoms with E-state index < -0.39 is 60.1 Å². The Balaban J connectivity index is 1.59. The van der Waals surface area contributed by atoms with E-state index in [1.807, 2.05) is 0 Å². The molecular weight excluding hydrogens is 624 g/mol. The zero-order valence-electron chi connectivity index (χ0n) is 27.0. The van der Waals surface area contributed by atoms with Gasteiger partial charge < -0.3 is 19.3 Å². The number of halogens is 4. The standard InChI is InChI=1S/C33H36F4N4O6/c1-19-8-13-23(25(35)26(19)45-17-15-33(36,37)27(42)20-9-11-22(34)12-10-20)21-14-16-40-24(18-21)38-28(39-40)41(29(43)46-31(2,3)4)30(44)47-32(5,6)7/h8-14,16,18,27,42H,15,17H2,1-7H3. The van der Waals surface area contributed by atoms with E-state index in [1.54, 1.807) is 54.5 Å². The molecule has 0 bridgehead atoms. The largest absolute Gasteiger partial charge is 0.490 e. The van der Waals surface area contributed by atoms with E-state index in [1.165, 1.54) is 28.9 Å². The molecule has 0 saturated heterocycles. The molecule has 4 rings (SSSR count). The van der Waals surface area contributed by atoms with E-state index in [0.29, 0.717) is 16.0 Å². The van der Waals surface area contributed by atoms with Crippen molar-refractivity contribution in [1.29, 1.82) is 0 Å². The molecule has 2 amide bonds. The number of anilines is 1. The summed E-state index contributed by atoms with van der Waals surface area (Å²) >= 11 is 0. The summed E-state index contributed by atoms with van der Waals surface area (Å²) in [5, 5.41) is 14.4. The van der Waals surface area contributed by atoms with Crippen LogP contribution in [0.2, 0.25) is 0 Å². The summed E-state index contributed by atoms with van der Waals surface area (Å²) in [4.78, 5) is 30.9. The molecule has 0 fully saturated rings. The van der Waals surface area contributed by atoms with Gasteiger partial charge in [-0.05, 0) is 89.4 Å². The molecule has 1 unspecified atom stereocenters. The van der Waals surface area contributed by atoms with E-state index in [0.717, 1.165) is 24.3 Å². The number of carbonyl (C=O) groups is 2. The van der Waals surface area contributed by atoms with Crippen molar-refractivity contribution in [3.8, 4) is 16.9 Å². The number of pyridine rings is 1. The van der Waals surface area contributed by atoms with E-state index in [-0.39, 0.29) is 28.5 Å². The topological polar surface area (TPSA) is 115 Å². The second-order valence-corrected chi connectivity index (χ2v) is 12.8. The molecule has 14 heteroatoms. The first-order valence-electron chi connectivity index (χ1n) is 14.6. The lowest BCUT2D eigenvalue weighted by Crippen LogP contribution is -2.44. The van der Waals surface area contributed by atoms with Crippen LogP contribution in [0.4, 0.5) is 33.1 Å². The average Bonchev–Trinajstić information content (AvgIpc) is 3.35. The van der Waals surface area contributed by atoms with Gasteiger partial charge in [-0.15, -0.1) is 10.00 Å². The molecule has 0 saturated carbocycles. The molecule has 2 aromatic carbocycles. The third-order valence-corrected chi connectivity index (χ3v) is 6.55. The number of nitrogens with zero attached hydrogens (tertiary/aromatic N) is 4. The van der Waals surface area contributed by atoms with Crippen LogP contribution in [-0.4, -0.2) is 55.6 Å². The number of aliphatic hydroxyl groups excluding tert-OH is 1. The van der Waals surface area contributed by atoms with E-state index in [2.05, 4.69) is 10.1 Å². The van der Waals surface area contributed by atoms with Crippen LogP contribution in [0.15, 0.2) is 54.7 Å². The Kier molecular flexibility index (Phi) is 9.86. The first-order valence-corrected chi connectivity index (χ1v) is 14.6. The van der Waals surface area contributed by atoms with Crippen LogP contribution in [0.3, 0.4) is 0 Å². The first-order chi connectivity index (χ1) is 21.8. The Morgan fingerprint density at radius 1 is 0.936 bits per heavy atom. The Bertz CT molecular complexity index is 1740. The molecule has 0 aliphatic heterocycles. The number of carbonyl (C=O) groups excluding carboxylic acids is 2. The van der Waals surface area contributed by atoms with Gasteiger partial charge in [0.15, 0.2) is 17.2 Å². The zero-order chi connectivity index (χ0) is 34.9. The van der Waals surface area contributed by atoms with Gasteiger partial charge in [0.25, 0.3) is 11.9 Å². The van der Waals surface area contributed by atoms with Crippen molar-refractivity contribution in [3.63, 3.8) is 0 Å². The van der Waals surface area contributed by atoms with Crippen molar-refractivity contribution >= 4 is 23.8 Å². The lowest BCUT2D eigenvalue weighted by molar-refractivity contribution is -0.120. The molecular formula is C33H36F4N4O6. The summed E-state index contributed by atoms with van der Waals surface area (Å²) < 4.78 is 75.9. The molecule has 10 nitrogen and oxygen atoms in total. The maximum Gasteiger partial charge on any atom is 0.427 e. The van der Waals surface area contributed by atoms with Crippen LogP contribution < -0.4 is 9.64 Å². The summed E-state index contributed by atoms with van der Waals surface area (Å²) in [5.74, 6) is -5.73. The van der Waals surface area contributed by atoms with Gasteiger partial charge in [0.1, 0.15) is 23.1 Å². The Hall–Kier alpha value is -4.72. The van der Waals surface area contributed by atoms with Crippen molar-refractivity contribution in [2.45, 2.75) is 78.1 Å². The van der Waals surface area contributed by atoms with Gasteiger partial charge in [-0.2, -0.15) is 4.98 Å². The highest BCUT2D eigenvalue weighted by Gasteiger charge is 2.39. The van der Waals surface area contributed by atoms with Gasteiger partial charge in [-0.1, -0.05) is 24.3 Å². The zero-order valence-corrected chi connectivity index (χ0v) is 27.0. The Labute approximate surface area is 268 Å². The molecule has 4 aromatic rings. The third-order valence-electron chi connectivity index (χ3n) is 6.55. The normalized spacial score (nSPS) is 12.9. The van der Waals surface area contributed by atoms with E-state index >= 15 is 4.39 Å². The van der Waals surface area contributed by atoms with Crippen LogP contribution in [0.1, 0.15) is 65.2 Å². The van der Waals surface area contributed by atoms with Crippen molar-refractivity contribution in [2.75, 3.05) is 11.5 Å². The van der Waals surface area contributed by atoms with Gasteiger partial charge >= 0.3 is 12.2 Å². The molecule has 1 N–H and O–H groups in total. The van der Waals surface area contributed by atoms with Crippen LogP contribution in [0.5, 0.6) is 5.75 Å². The SMILES string of the molecule is Cc1ccc(-c2ccn3nc(N(C(=O)OC(C)(C)C)C(=O)OC(C)(C)C)nc3c2)c(F)c1OCCC(F)(F)C(O)c1ccc(F)cc1. The van der Waals surface area contributed by atoms with Gasteiger partial charge in [-0.3, -0.25) is 0 Å². The van der Waals surface area contributed by atoms with Crippen molar-refractivity contribution < 1.29 is 46.5 Å². The van der Waals surface area contributed by atoms with Crippen LogP contribution in [-0.2, 0) is 9.47 Å². The van der Waals surface area contributed by atoms with Crippen LogP contribution >= 0.6 is 0 Å². The maximum absolute atomic E-state index is 15.8. The van der Waals surface area contributed by atoms with Crippen molar-refractivity contribution in [1.82, 2.24) is 14.6 Å². The van der Waals surface area contributed by atoms with Gasteiger partial charge in [0, 0.05) is 18.2 Å². The highest BCUT2D eigenvalue weighted by Crippen LogP contribution is 2.36. The second kappa shape index (κ2) is 13.2. The minimum absolute atomic E-state index is 0.0481. The van der Waals surface area contributed by atoms with Crippen molar-refractivity contribution in [2.24, 2.45) is 0 Å². The summed E-state index contributed by atoms with van der Waals surface area (Å²) in [6.45, 7) is 10.7. The second-order valence-electron chi connectivity index (χ2n) is 12.8. The molecule has 0 radical (unpaired) electrons. The smallest absolute Gasteiger partial charge is 0.427 e. The number of amides is 2. The molecule has 0 spiro atoms. The van der Waals surface area contributed by atoms with Crippen LogP contribution in [0.25, 0.3) is 16.8 Å². The first kappa shape index (κ1) is 35.1. The minimum atomic E-state index is -3.65. The molecule has 2 heterocycles. The third kappa shape index (κ3) is 8.56. The van der Waals surface area contributed by atoms with Crippen LogP contribution in [0, 0.1) is 18.6 Å². The van der Waals surface area contributed by atoms with E-state index in [4.69, 9.17) is 14.2 Å². The number of rotatable bonds is 8. The Morgan fingerprint density at radius 3 is 2.11 bits per heavy atom. The van der Waals surface area contributed by atoms with Gasteiger partial charge in [0.2, 0.25) is 0 Å². The molecule has 252 valence electrons. The lowest BCUT2D eigenvalue weighted by Gasteiger charge is -2.26. The molecule has 0 aliphatic rings. The quantitative estimate of drug-likeness (QED) is 0.191. The summed E-state index contributed by atoms with van der Waals surface area (Å²) in [7, 11) is 0. The summed E-state index contributed by atoms with van der Waals surface area (Å²) in [6.07, 6.45) is -3.87. The summed E-state index contributed by atoms with van der Waals surface area (Å²) in [5.41, 5.74) is -1.26. The van der Waals surface area contributed by atoms with E-state index in [9.17, 15) is 27.9 Å². The fraction of sp³-hybridized carbons (Fsp3) is 0.394. The predicted octanol–water partition coefficient (Wildman–Crippen LogP) is 7.80.